The molecule has 0 fully saturated rings. The van der Waals surface area contributed by atoms with Gasteiger partial charge in [-0.3, -0.25) is 4.68 Å². The number of hydrogen-bond acceptors (Lipinski definition) is 3. The predicted octanol–water partition coefficient (Wildman–Crippen LogP) is 2.56. The molecule has 0 aliphatic heterocycles. The third-order valence-corrected chi connectivity index (χ3v) is 3.92. The monoisotopic (exact) mass is 285 g/mol. The van der Waals surface area contributed by atoms with Crippen LogP contribution in [0.2, 0.25) is 0 Å². The topological polar surface area (TPSA) is 43.8 Å². The van der Waals surface area contributed by atoms with Crippen molar-refractivity contribution in [2.24, 2.45) is 5.73 Å². The van der Waals surface area contributed by atoms with Gasteiger partial charge in [0, 0.05) is 17.6 Å². The van der Waals surface area contributed by atoms with Crippen LogP contribution < -0.4 is 5.73 Å². The first-order chi connectivity index (χ1) is 7.20. The quantitative estimate of drug-likeness (QED) is 0.942. The molecule has 2 aromatic rings. The summed E-state index contributed by atoms with van der Waals surface area (Å²) in [5.41, 5.74) is 6.94. The van der Waals surface area contributed by atoms with E-state index in [0.717, 1.165) is 9.35 Å². The lowest BCUT2D eigenvalue weighted by molar-refractivity contribution is 0.539. The minimum atomic E-state index is 0.148. The molecule has 0 bridgehead atoms. The van der Waals surface area contributed by atoms with Gasteiger partial charge in [0.1, 0.15) is 0 Å². The van der Waals surface area contributed by atoms with Gasteiger partial charge in [0.05, 0.1) is 16.0 Å². The van der Waals surface area contributed by atoms with E-state index in [1.165, 1.54) is 4.88 Å². The van der Waals surface area contributed by atoms with Crippen molar-refractivity contribution in [3.05, 3.63) is 38.8 Å². The molecule has 5 heteroatoms. The van der Waals surface area contributed by atoms with E-state index in [1.807, 2.05) is 30.1 Å². The zero-order chi connectivity index (χ0) is 10.8. The van der Waals surface area contributed by atoms with E-state index in [0.29, 0.717) is 6.54 Å². The molecule has 0 amide bonds. The Morgan fingerprint density at radius 2 is 2.40 bits per heavy atom. The first-order valence-electron chi connectivity index (χ1n) is 4.67. The summed E-state index contributed by atoms with van der Waals surface area (Å²) < 4.78 is 3.05. The summed E-state index contributed by atoms with van der Waals surface area (Å²) in [6.07, 6.45) is 3.87. The Hall–Kier alpha value is -0.650. The molecule has 2 heterocycles. The van der Waals surface area contributed by atoms with Gasteiger partial charge in [0.2, 0.25) is 0 Å². The third kappa shape index (κ3) is 2.30. The fourth-order valence-corrected chi connectivity index (χ4v) is 3.00. The normalized spacial score (nSPS) is 13.0. The van der Waals surface area contributed by atoms with Gasteiger partial charge in [-0.25, -0.2) is 0 Å². The summed E-state index contributed by atoms with van der Waals surface area (Å²) in [5.74, 6) is 0. The fourth-order valence-electron chi connectivity index (χ4n) is 1.47. The van der Waals surface area contributed by atoms with Crippen LogP contribution in [0.15, 0.2) is 28.3 Å². The maximum atomic E-state index is 5.79. The standard InChI is InChI=1S/C10H12BrN3S/c1-7-5-13-14(6-7)8(4-12)9-2-3-10(11)15-9/h2-3,5-6,8H,4,12H2,1H3. The summed E-state index contributed by atoms with van der Waals surface area (Å²) in [7, 11) is 0. The van der Waals surface area contributed by atoms with E-state index in [9.17, 15) is 0 Å². The molecule has 2 aromatic heterocycles. The van der Waals surface area contributed by atoms with E-state index < -0.39 is 0 Å². The number of aromatic nitrogens is 2. The maximum absolute atomic E-state index is 5.79. The van der Waals surface area contributed by atoms with Crippen molar-refractivity contribution in [3.63, 3.8) is 0 Å². The lowest BCUT2D eigenvalue weighted by Gasteiger charge is -2.13. The van der Waals surface area contributed by atoms with Gasteiger partial charge in [-0.05, 0) is 40.5 Å². The average Bonchev–Trinajstić information content (AvgIpc) is 2.78. The number of nitrogens with two attached hydrogens (primary N) is 1. The highest BCUT2D eigenvalue weighted by molar-refractivity contribution is 9.11. The van der Waals surface area contributed by atoms with Crippen LogP contribution in [0, 0.1) is 6.92 Å². The number of nitrogens with zero attached hydrogens (tertiary/aromatic N) is 2. The second-order valence-corrected chi connectivity index (χ2v) is 5.89. The highest BCUT2D eigenvalue weighted by Crippen LogP contribution is 2.28. The summed E-state index contributed by atoms with van der Waals surface area (Å²) in [5, 5.41) is 4.30. The molecule has 2 rings (SSSR count). The van der Waals surface area contributed by atoms with E-state index in [4.69, 9.17) is 5.73 Å². The average molecular weight is 286 g/mol. The molecule has 0 saturated carbocycles. The SMILES string of the molecule is Cc1cnn(C(CN)c2ccc(Br)s2)c1. The van der Waals surface area contributed by atoms with E-state index in [1.54, 1.807) is 11.3 Å². The van der Waals surface area contributed by atoms with Crippen molar-refractivity contribution in [1.82, 2.24) is 9.78 Å². The molecule has 0 spiro atoms. The van der Waals surface area contributed by atoms with Gasteiger partial charge in [0.25, 0.3) is 0 Å². The van der Waals surface area contributed by atoms with Crippen LogP contribution in [-0.4, -0.2) is 16.3 Å². The van der Waals surface area contributed by atoms with Gasteiger partial charge in [-0.2, -0.15) is 5.10 Å². The van der Waals surface area contributed by atoms with Crippen molar-refractivity contribution >= 4 is 27.3 Å². The Balaban J connectivity index is 2.32. The van der Waals surface area contributed by atoms with Crippen molar-refractivity contribution in [2.75, 3.05) is 6.54 Å². The highest BCUT2D eigenvalue weighted by Gasteiger charge is 2.14. The molecule has 1 atom stereocenters. The number of halogens is 1. The molecule has 1 unspecified atom stereocenters. The van der Waals surface area contributed by atoms with E-state index in [-0.39, 0.29) is 6.04 Å². The minimum Gasteiger partial charge on any atom is -0.328 e. The van der Waals surface area contributed by atoms with Crippen LogP contribution in [0.3, 0.4) is 0 Å². The summed E-state index contributed by atoms with van der Waals surface area (Å²) in [4.78, 5) is 1.23. The smallest absolute Gasteiger partial charge is 0.0982 e. The van der Waals surface area contributed by atoms with Crippen LogP contribution in [-0.2, 0) is 0 Å². The van der Waals surface area contributed by atoms with Crippen LogP contribution in [0.4, 0.5) is 0 Å². The predicted molar refractivity (Wildman–Crippen MR) is 66.2 cm³/mol. The number of aryl methyl sites for hydroxylation is 1. The Morgan fingerprint density at radius 3 is 2.87 bits per heavy atom. The van der Waals surface area contributed by atoms with E-state index in [2.05, 4.69) is 27.1 Å². The number of thiophene rings is 1. The summed E-state index contributed by atoms with van der Waals surface area (Å²) >= 11 is 5.16. The Morgan fingerprint density at radius 1 is 1.60 bits per heavy atom. The zero-order valence-corrected chi connectivity index (χ0v) is 10.8. The maximum Gasteiger partial charge on any atom is 0.0982 e. The molecule has 0 radical (unpaired) electrons. The van der Waals surface area contributed by atoms with Gasteiger partial charge in [-0.15, -0.1) is 11.3 Å². The molecule has 0 aliphatic rings. The van der Waals surface area contributed by atoms with Crippen LogP contribution in [0.1, 0.15) is 16.5 Å². The first-order valence-corrected chi connectivity index (χ1v) is 6.27. The molecular weight excluding hydrogens is 274 g/mol. The largest absolute Gasteiger partial charge is 0.328 e. The van der Waals surface area contributed by atoms with Gasteiger partial charge in [-0.1, -0.05) is 0 Å². The lowest BCUT2D eigenvalue weighted by atomic mass is 10.2. The highest BCUT2D eigenvalue weighted by atomic mass is 79.9. The zero-order valence-electron chi connectivity index (χ0n) is 8.35. The van der Waals surface area contributed by atoms with Crippen molar-refractivity contribution in [2.45, 2.75) is 13.0 Å². The van der Waals surface area contributed by atoms with Crippen LogP contribution in [0.5, 0.6) is 0 Å². The number of rotatable bonds is 3. The molecular formula is C10H12BrN3S. The van der Waals surface area contributed by atoms with Crippen molar-refractivity contribution < 1.29 is 0 Å². The molecule has 2 N–H and O–H groups in total. The van der Waals surface area contributed by atoms with Crippen molar-refractivity contribution in [1.29, 1.82) is 0 Å². The first kappa shape index (κ1) is 10.9. The Bertz CT molecular complexity index is 409. The minimum absolute atomic E-state index is 0.148. The second-order valence-electron chi connectivity index (χ2n) is 3.39. The molecule has 15 heavy (non-hydrogen) atoms. The second kappa shape index (κ2) is 4.47. The molecule has 3 nitrogen and oxygen atoms in total. The third-order valence-electron chi connectivity index (χ3n) is 2.20. The molecule has 0 aliphatic carbocycles. The fraction of sp³-hybridized carbons (Fsp3) is 0.300. The Labute approximate surface area is 101 Å². The lowest BCUT2D eigenvalue weighted by Crippen LogP contribution is -2.19. The van der Waals surface area contributed by atoms with Crippen LogP contribution in [0.25, 0.3) is 0 Å². The molecule has 0 aromatic carbocycles. The number of hydrogen-bond donors (Lipinski definition) is 1. The van der Waals surface area contributed by atoms with Gasteiger partial charge >= 0.3 is 0 Å². The summed E-state index contributed by atoms with van der Waals surface area (Å²) in [6, 6.07) is 4.28. The van der Waals surface area contributed by atoms with E-state index >= 15 is 0 Å². The van der Waals surface area contributed by atoms with Gasteiger partial charge < -0.3 is 5.73 Å². The van der Waals surface area contributed by atoms with Crippen LogP contribution >= 0.6 is 27.3 Å². The molecule has 0 saturated heterocycles. The summed E-state index contributed by atoms with van der Waals surface area (Å²) in [6.45, 7) is 2.59. The van der Waals surface area contributed by atoms with Crippen molar-refractivity contribution in [3.8, 4) is 0 Å². The molecule has 80 valence electrons. The Kier molecular flexibility index (Phi) is 3.23. The van der Waals surface area contributed by atoms with Gasteiger partial charge in [0.15, 0.2) is 0 Å².